The molecule has 1 aliphatic rings. The predicted octanol–water partition coefficient (Wildman–Crippen LogP) is 1.06. The SMILES string of the molecule is Cc1nn(C)cc1NC(=O)N1CCC(C)(C(=O)O)C1. The number of anilines is 1. The number of hydrogen-bond acceptors (Lipinski definition) is 3. The van der Waals surface area contributed by atoms with Gasteiger partial charge in [0, 0.05) is 26.3 Å². The van der Waals surface area contributed by atoms with Gasteiger partial charge in [0.25, 0.3) is 0 Å². The van der Waals surface area contributed by atoms with Crippen LogP contribution >= 0.6 is 0 Å². The average Bonchev–Trinajstić information content (AvgIpc) is 2.84. The van der Waals surface area contributed by atoms with Gasteiger partial charge in [-0.05, 0) is 20.3 Å². The standard InChI is InChI=1S/C12H18N4O3/c1-8-9(6-15(3)14-8)13-11(19)16-5-4-12(2,7-16)10(17)18/h6H,4-5,7H2,1-3H3,(H,13,19)(H,17,18). The summed E-state index contributed by atoms with van der Waals surface area (Å²) in [6, 6.07) is -0.277. The van der Waals surface area contributed by atoms with Gasteiger partial charge < -0.3 is 15.3 Å². The van der Waals surface area contributed by atoms with Crippen LogP contribution in [0.15, 0.2) is 6.20 Å². The molecule has 1 fully saturated rings. The molecule has 0 aliphatic carbocycles. The molecule has 0 bridgehead atoms. The summed E-state index contributed by atoms with van der Waals surface area (Å²) < 4.78 is 1.62. The van der Waals surface area contributed by atoms with Gasteiger partial charge in [-0.1, -0.05) is 0 Å². The highest BCUT2D eigenvalue weighted by Crippen LogP contribution is 2.30. The van der Waals surface area contributed by atoms with Gasteiger partial charge in [0.05, 0.1) is 16.8 Å². The molecule has 0 saturated carbocycles. The zero-order chi connectivity index (χ0) is 14.2. The average molecular weight is 266 g/mol. The first kappa shape index (κ1) is 13.4. The number of carbonyl (C=O) groups excluding carboxylic acids is 1. The van der Waals surface area contributed by atoms with Gasteiger partial charge in [-0.25, -0.2) is 4.79 Å². The minimum atomic E-state index is -0.861. The Morgan fingerprint density at radius 2 is 2.21 bits per heavy atom. The molecule has 0 radical (unpaired) electrons. The van der Waals surface area contributed by atoms with Crippen LogP contribution in [0.1, 0.15) is 19.0 Å². The van der Waals surface area contributed by atoms with Gasteiger partial charge >= 0.3 is 12.0 Å². The monoisotopic (exact) mass is 266 g/mol. The van der Waals surface area contributed by atoms with Crippen molar-refractivity contribution in [3.05, 3.63) is 11.9 Å². The van der Waals surface area contributed by atoms with E-state index in [-0.39, 0.29) is 12.6 Å². The van der Waals surface area contributed by atoms with Gasteiger partial charge in [0.2, 0.25) is 0 Å². The van der Waals surface area contributed by atoms with Crippen LogP contribution in [0.3, 0.4) is 0 Å². The number of rotatable bonds is 2. The molecule has 7 nitrogen and oxygen atoms in total. The summed E-state index contributed by atoms with van der Waals surface area (Å²) in [5, 5.41) is 16.0. The van der Waals surface area contributed by atoms with E-state index in [0.29, 0.717) is 18.7 Å². The number of urea groups is 1. The van der Waals surface area contributed by atoms with Gasteiger partial charge in [-0.3, -0.25) is 9.48 Å². The quantitative estimate of drug-likeness (QED) is 0.837. The van der Waals surface area contributed by atoms with Gasteiger partial charge in [0.1, 0.15) is 0 Å². The highest BCUT2D eigenvalue weighted by Gasteiger charge is 2.42. The number of carboxylic acid groups (broad SMARTS) is 1. The number of carbonyl (C=O) groups is 2. The number of likely N-dealkylation sites (tertiary alicyclic amines) is 1. The largest absolute Gasteiger partial charge is 0.481 e. The molecule has 1 aromatic heterocycles. The molecule has 1 unspecified atom stereocenters. The Balaban J connectivity index is 2.03. The summed E-state index contributed by atoms with van der Waals surface area (Å²) in [5.41, 5.74) is 0.536. The first-order chi connectivity index (χ1) is 8.82. The lowest BCUT2D eigenvalue weighted by Crippen LogP contribution is -2.37. The van der Waals surface area contributed by atoms with Gasteiger partial charge in [-0.15, -0.1) is 0 Å². The Kier molecular flexibility index (Phi) is 3.21. The minimum absolute atomic E-state index is 0.230. The van der Waals surface area contributed by atoms with Crippen LogP contribution in [-0.4, -0.2) is 44.9 Å². The normalized spacial score (nSPS) is 22.6. The van der Waals surface area contributed by atoms with E-state index in [4.69, 9.17) is 5.11 Å². The van der Waals surface area contributed by atoms with E-state index in [1.807, 2.05) is 0 Å². The summed E-state index contributed by atoms with van der Waals surface area (Å²) in [7, 11) is 1.78. The third-order valence-electron chi connectivity index (χ3n) is 3.53. The molecule has 2 rings (SSSR count). The molecule has 1 atom stereocenters. The highest BCUT2D eigenvalue weighted by atomic mass is 16.4. The number of hydrogen-bond donors (Lipinski definition) is 2. The van der Waals surface area contributed by atoms with Crippen LogP contribution in [0, 0.1) is 12.3 Å². The van der Waals surface area contributed by atoms with Crippen LogP contribution < -0.4 is 5.32 Å². The predicted molar refractivity (Wildman–Crippen MR) is 68.9 cm³/mol. The Labute approximate surface area is 111 Å². The molecule has 1 aliphatic heterocycles. The fourth-order valence-corrected chi connectivity index (χ4v) is 2.23. The molecule has 2 heterocycles. The smallest absolute Gasteiger partial charge is 0.321 e. The van der Waals surface area contributed by atoms with Crippen molar-refractivity contribution in [1.29, 1.82) is 0 Å². The van der Waals surface area contributed by atoms with E-state index in [1.165, 1.54) is 4.90 Å². The first-order valence-corrected chi connectivity index (χ1v) is 6.11. The van der Waals surface area contributed by atoms with Crippen LogP contribution in [-0.2, 0) is 11.8 Å². The lowest BCUT2D eigenvalue weighted by Gasteiger charge is -2.20. The van der Waals surface area contributed by atoms with Crippen molar-refractivity contribution in [2.45, 2.75) is 20.3 Å². The van der Waals surface area contributed by atoms with E-state index >= 15 is 0 Å². The molecule has 19 heavy (non-hydrogen) atoms. The lowest BCUT2D eigenvalue weighted by molar-refractivity contribution is -0.146. The third-order valence-corrected chi connectivity index (χ3v) is 3.53. The second-order valence-electron chi connectivity index (χ2n) is 5.27. The topological polar surface area (TPSA) is 87.5 Å². The molecule has 1 aromatic rings. The van der Waals surface area contributed by atoms with Crippen molar-refractivity contribution in [2.75, 3.05) is 18.4 Å². The Bertz CT molecular complexity index is 525. The second-order valence-corrected chi connectivity index (χ2v) is 5.27. The van der Waals surface area contributed by atoms with Gasteiger partial charge in [0.15, 0.2) is 0 Å². The molecule has 2 N–H and O–H groups in total. The maximum atomic E-state index is 12.1. The number of aromatic nitrogens is 2. The Hall–Kier alpha value is -2.05. The summed E-state index contributed by atoms with van der Waals surface area (Å²) in [6.45, 7) is 4.15. The highest BCUT2D eigenvalue weighted by molar-refractivity contribution is 5.90. The van der Waals surface area contributed by atoms with E-state index in [9.17, 15) is 9.59 Å². The zero-order valence-electron chi connectivity index (χ0n) is 11.3. The van der Waals surface area contributed by atoms with Crippen molar-refractivity contribution < 1.29 is 14.7 Å². The van der Waals surface area contributed by atoms with Crippen LogP contribution in [0.4, 0.5) is 10.5 Å². The van der Waals surface area contributed by atoms with Crippen molar-refractivity contribution in [3.8, 4) is 0 Å². The molecule has 0 spiro atoms. The number of aliphatic carboxylic acids is 1. The Morgan fingerprint density at radius 3 is 2.68 bits per heavy atom. The van der Waals surface area contributed by atoms with Crippen molar-refractivity contribution in [2.24, 2.45) is 12.5 Å². The fourth-order valence-electron chi connectivity index (χ4n) is 2.23. The van der Waals surface area contributed by atoms with Crippen molar-refractivity contribution >= 4 is 17.7 Å². The number of amides is 2. The molecule has 0 aromatic carbocycles. The summed E-state index contributed by atoms with van der Waals surface area (Å²) in [6.07, 6.45) is 2.20. The van der Waals surface area contributed by atoms with E-state index in [1.54, 1.807) is 31.8 Å². The molecule has 7 heteroatoms. The lowest BCUT2D eigenvalue weighted by atomic mass is 9.90. The number of aryl methyl sites for hydroxylation is 2. The zero-order valence-corrected chi connectivity index (χ0v) is 11.3. The van der Waals surface area contributed by atoms with Crippen molar-refractivity contribution in [3.63, 3.8) is 0 Å². The number of nitrogens with zero attached hydrogens (tertiary/aromatic N) is 3. The maximum absolute atomic E-state index is 12.1. The molecule has 2 amide bonds. The van der Waals surface area contributed by atoms with E-state index in [2.05, 4.69) is 10.4 Å². The summed E-state index contributed by atoms with van der Waals surface area (Å²) in [4.78, 5) is 24.7. The van der Waals surface area contributed by atoms with E-state index < -0.39 is 11.4 Å². The van der Waals surface area contributed by atoms with E-state index in [0.717, 1.165) is 5.69 Å². The molecular weight excluding hydrogens is 248 g/mol. The third kappa shape index (κ3) is 2.54. The first-order valence-electron chi connectivity index (χ1n) is 6.11. The summed E-state index contributed by atoms with van der Waals surface area (Å²) in [5.74, 6) is -0.861. The minimum Gasteiger partial charge on any atom is -0.481 e. The second kappa shape index (κ2) is 4.56. The fraction of sp³-hybridized carbons (Fsp3) is 0.583. The van der Waals surface area contributed by atoms with Crippen molar-refractivity contribution in [1.82, 2.24) is 14.7 Å². The van der Waals surface area contributed by atoms with Crippen LogP contribution in [0.5, 0.6) is 0 Å². The molecular formula is C12H18N4O3. The van der Waals surface area contributed by atoms with Gasteiger partial charge in [-0.2, -0.15) is 5.10 Å². The van der Waals surface area contributed by atoms with Crippen LogP contribution in [0.25, 0.3) is 0 Å². The number of carboxylic acids is 1. The summed E-state index contributed by atoms with van der Waals surface area (Å²) >= 11 is 0. The van der Waals surface area contributed by atoms with Crippen LogP contribution in [0.2, 0.25) is 0 Å². The maximum Gasteiger partial charge on any atom is 0.321 e. The molecule has 104 valence electrons. The number of nitrogens with one attached hydrogen (secondary N) is 1. The Morgan fingerprint density at radius 1 is 1.53 bits per heavy atom. The molecule has 1 saturated heterocycles.